The van der Waals surface area contributed by atoms with Crippen molar-refractivity contribution in [1.82, 2.24) is 4.90 Å². The predicted octanol–water partition coefficient (Wildman–Crippen LogP) is 3.08. The van der Waals surface area contributed by atoms with Gasteiger partial charge in [0.25, 0.3) is 5.91 Å². The Bertz CT molecular complexity index is 722. The van der Waals surface area contributed by atoms with Crippen molar-refractivity contribution in [1.29, 1.82) is 0 Å². The van der Waals surface area contributed by atoms with Crippen molar-refractivity contribution in [2.75, 3.05) is 13.1 Å². The SMILES string of the molecule is NC1CCCN(C(=O)c2cc3c(s2)-c2ccccc2CC3)C1. The molecule has 2 aromatic rings. The maximum atomic E-state index is 12.8. The fourth-order valence-corrected chi connectivity index (χ4v) is 4.77. The van der Waals surface area contributed by atoms with E-state index in [9.17, 15) is 4.79 Å². The maximum Gasteiger partial charge on any atom is 0.264 e. The lowest BCUT2D eigenvalue weighted by Crippen LogP contribution is -2.45. The normalized spacial score (nSPS) is 20.4. The molecule has 4 rings (SSSR count). The number of likely N-dealkylation sites (tertiary alicyclic amines) is 1. The van der Waals surface area contributed by atoms with E-state index in [4.69, 9.17) is 5.73 Å². The molecule has 4 heteroatoms. The zero-order chi connectivity index (χ0) is 15.1. The van der Waals surface area contributed by atoms with E-state index >= 15 is 0 Å². The summed E-state index contributed by atoms with van der Waals surface area (Å²) < 4.78 is 0. The number of piperidine rings is 1. The van der Waals surface area contributed by atoms with Crippen LogP contribution in [0.5, 0.6) is 0 Å². The van der Waals surface area contributed by atoms with Gasteiger partial charge in [-0.15, -0.1) is 11.3 Å². The van der Waals surface area contributed by atoms with Gasteiger partial charge in [0.2, 0.25) is 0 Å². The Morgan fingerprint density at radius 2 is 2.05 bits per heavy atom. The van der Waals surface area contributed by atoms with E-state index in [2.05, 4.69) is 30.3 Å². The van der Waals surface area contributed by atoms with Crippen LogP contribution in [0.4, 0.5) is 0 Å². The number of nitrogens with zero attached hydrogens (tertiary/aromatic N) is 1. The molecule has 0 saturated carbocycles. The van der Waals surface area contributed by atoms with Gasteiger partial charge in [0.1, 0.15) is 0 Å². The second kappa shape index (κ2) is 5.52. The van der Waals surface area contributed by atoms with Gasteiger partial charge in [-0.05, 0) is 48.4 Å². The number of amides is 1. The first-order chi connectivity index (χ1) is 10.7. The van der Waals surface area contributed by atoms with Gasteiger partial charge in [-0.3, -0.25) is 4.79 Å². The number of rotatable bonds is 1. The molecule has 22 heavy (non-hydrogen) atoms. The van der Waals surface area contributed by atoms with Crippen LogP contribution >= 0.6 is 11.3 Å². The van der Waals surface area contributed by atoms with Crippen molar-refractivity contribution in [2.24, 2.45) is 5.73 Å². The third kappa shape index (κ3) is 2.36. The summed E-state index contributed by atoms with van der Waals surface area (Å²) in [5, 5.41) is 0. The van der Waals surface area contributed by atoms with Gasteiger partial charge < -0.3 is 10.6 Å². The number of thiophene rings is 1. The lowest BCUT2D eigenvalue weighted by Gasteiger charge is -2.30. The molecule has 1 saturated heterocycles. The van der Waals surface area contributed by atoms with Crippen molar-refractivity contribution in [3.8, 4) is 10.4 Å². The molecule has 114 valence electrons. The van der Waals surface area contributed by atoms with Crippen molar-refractivity contribution >= 4 is 17.2 Å². The molecule has 0 spiro atoms. The predicted molar refractivity (Wildman–Crippen MR) is 90.3 cm³/mol. The highest BCUT2D eigenvalue weighted by atomic mass is 32.1. The number of carbonyl (C=O) groups is 1. The molecule has 2 N–H and O–H groups in total. The third-order valence-electron chi connectivity index (χ3n) is 4.69. The highest BCUT2D eigenvalue weighted by molar-refractivity contribution is 7.17. The fraction of sp³-hybridized carbons (Fsp3) is 0.389. The first kappa shape index (κ1) is 14.0. The van der Waals surface area contributed by atoms with Crippen LogP contribution in [-0.4, -0.2) is 29.9 Å². The van der Waals surface area contributed by atoms with Crippen LogP contribution in [-0.2, 0) is 12.8 Å². The summed E-state index contributed by atoms with van der Waals surface area (Å²) in [6.45, 7) is 1.53. The Labute approximate surface area is 134 Å². The van der Waals surface area contributed by atoms with E-state index in [-0.39, 0.29) is 11.9 Å². The van der Waals surface area contributed by atoms with E-state index in [0.717, 1.165) is 37.1 Å². The molecule has 2 heterocycles. The van der Waals surface area contributed by atoms with Crippen molar-refractivity contribution in [3.05, 3.63) is 46.3 Å². The van der Waals surface area contributed by atoms with Gasteiger partial charge in [-0.1, -0.05) is 24.3 Å². The lowest BCUT2D eigenvalue weighted by atomic mass is 9.91. The summed E-state index contributed by atoms with van der Waals surface area (Å²) in [6, 6.07) is 10.8. The van der Waals surface area contributed by atoms with Crippen LogP contribution < -0.4 is 5.73 Å². The topological polar surface area (TPSA) is 46.3 Å². The van der Waals surface area contributed by atoms with Gasteiger partial charge in [0.05, 0.1) is 4.88 Å². The second-order valence-corrected chi connectivity index (χ2v) is 7.33. The number of hydrogen-bond donors (Lipinski definition) is 1. The van der Waals surface area contributed by atoms with E-state index in [1.54, 1.807) is 11.3 Å². The molecule has 0 bridgehead atoms. The van der Waals surface area contributed by atoms with Crippen molar-refractivity contribution in [2.45, 2.75) is 31.7 Å². The van der Waals surface area contributed by atoms with Crippen LogP contribution in [0, 0.1) is 0 Å². The number of benzene rings is 1. The molecule has 1 aliphatic carbocycles. The average Bonchev–Trinajstić information content (AvgIpc) is 2.99. The second-order valence-electron chi connectivity index (χ2n) is 6.28. The number of fused-ring (bicyclic) bond motifs is 3. The minimum absolute atomic E-state index is 0.132. The number of aryl methyl sites for hydroxylation is 2. The molecular formula is C18H20N2OS. The van der Waals surface area contributed by atoms with Gasteiger partial charge in [0.15, 0.2) is 0 Å². The molecule has 1 aromatic heterocycles. The monoisotopic (exact) mass is 312 g/mol. The summed E-state index contributed by atoms with van der Waals surface area (Å²) >= 11 is 1.65. The van der Waals surface area contributed by atoms with Crippen molar-refractivity contribution < 1.29 is 4.79 Å². The summed E-state index contributed by atoms with van der Waals surface area (Å²) in [7, 11) is 0. The number of carbonyl (C=O) groups excluding carboxylic acids is 1. The first-order valence-corrected chi connectivity index (χ1v) is 8.80. The Morgan fingerprint density at radius 3 is 2.91 bits per heavy atom. The Morgan fingerprint density at radius 1 is 1.23 bits per heavy atom. The highest BCUT2D eigenvalue weighted by Gasteiger charge is 2.26. The summed E-state index contributed by atoms with van der Waals surface area (Å²) in [5.41, 5.74) is 10.0. The number of hydrogen-bond acceptors (Lipinski definition) is 3. The number of nitrogens with two attached hydrogens (primary N) is 1. The molecule has 1 atom stereocenters. The molecule has 1 unspecified atom stereocenters. The van der Waals surface area contributed by atoms with Crippen LogP contribution in [0.2, 0.25) is 0 Å². The van der Waals surface area contributed by atoms with Gasteiger partial charge in [-0.2, -0.15) is 0 Å². The van der Waals surface area contributed by atoms with E-state index in [1.165, 1.54) is 21.6 Å². The van der Waals surface area contributed by atoms with Gasteiger partial charge in [-0.25, -0.2) is 0 Å². The zero-order valence-electron chi connectivity index (χ0n) is 12.5. The minimum atomic E-state index is 0.132. The van der Waals surface area contributed by atoms with Crippen molar-refractivity contribution in [3.63, 3.8) is 0 Å². The third-order valence-corrected chi connectivity index (χ3v) is 5.89. The molecule has 0 radical (unpaired) electrons. The summed E-state index contributed by atoms with van der Waals surface area (Å²) in [6.07, 6.45) is 4.15. The maximum absolute atomic E-state index is 12.8. The smallest absolute Gasteiger partial charge is 0.264 e. The van der Waals surface area contributed by atoms with E-state index in [1.807, 2.05) is 4.90 Å². The highest BCUT2D eigenvalue weighted by Crippen LogP contribution is 2.39. The van der Waals surface area contributed by atoms with E-state index < -0.39 is 0 Å². The minimum Gasteiger partial charge on any atom is -0.336 e. The van der Waals surface area contributed by atoms with Crippen LogP contribution in [0.25, 0.3) is 10.4 Å². The summed E-state index contributed by atoms with van der Waals surface area (Å²) in [5.74, 6) is 0.159. The van der Waals surface area contributed by atoms with Crippen LogP contribution in [0.1, 0.15) is 33.6 Å². The average molecular weight is 312 g/mol. The molecule has 2 aliphatic rings. The Kier molecular flexibility index (Phi) is 3.51. The zero-order valence-corrected chi connectivity index (χ0v) is 13.4. The Balaban J connectivity index is 1.66. The lowest BCUT2D eigenvalue weighted by molar-refractivity contribution is 0.0713. The molecule has 1 aliphatic heterocycles. The van der Waals surface area contributed by atoms with Crippen LogP contribution in [0.15, 0.2) is 30.3 Å². The van der Waals surface area contributed by atoms with Gasteiger partial charge >= 0.3 is 0 Å². The van der Waals surface area contributed by atoms with Gasteiger partial charge in [0, 0.05) is 24.0 Å². The molecular weight excluding hydrogens is 292 g/mol. The largest absolute Gasteiger partial charge is 0.336 e. The molecule has 3 nitrogen and oxygen atoms in total. The fourth-order valence-electron chi connectivity index (χ4n) is 3.53. The quantitative estimate of drug-likeness (QED) is 0.879. The molecule has 1 amide bonds. The Hall–Kier alpha value is -1.65. The standard InChI is InChI=1S/C18H20N2OS/c19-14-5-3-9-20(11-14)18(21)16-10-13-8-7-12-4-1-2-6-15(12)17(13)22-16/h1-2,4,6,10,14H,3,5,7-9,11,19H2. The van der Waals surface area contributed by atoms with E-state index in [0.29, 0.717) is 6.54 Å². The first-order valence-electron chi connectivity index (χ1n) is 7.98. The molecule has 1 aromatic carbocycles. The molecule has 1 fully saturated rings. The summed E-state index contributed by atoms with van der Waals surface area (Å²) in [4.78, 5) is 16.8. The van der Waals surface area contributed by atoms with Crippen LogP contribution in [0.3, 0.4) is 0 Å².